The number of hydrogen-bond donors (Lipinski definition) is 1. The second-order valence-corrected chi connectivity index (χ2v) is 6.64. The van der Waals surface area contributed by atoms with Crippen LogP contribution in [0.5, 0.6) is 0 Å². The fraction of sp³-hybridized carbons (Fsp3) is 1.00. The lowest BCUT2D eigenvalue weighted by atomic mass is 9.63. The molecule has 0 aromatic carbocycles. The van der Waals surface area contributed by atoms with Gasteiger partial charge in [0.15, 0.2) is 0 Å². The molecule has 0 aliphatic heterocycles. The van der Waals surface area contributed by atoms with Gasteiger partial charge in [0.1, 0.15) is 0 Å². The highest BCUT2D eigenvalue weighted by Crippen LogP contribution is 2.70. The van der Waals surface area contributed by atoms with Crippen molar-refractivity contribution in [3.8, 4) is 0 Å². The summed E-state index contributed by atoms with van der Waals surface area (Å²) in [7, 11) is 2.75. The Morgan fingerprint density at radius 2 is 2.00 bits per heavy atom. The lowest BCUT2D eigenvalue weighted by Crippen LogP contribution is -2.47. The summed E-state index contributed by atoms with van der Waals surface area (Å²) in [5.41, 5.74) is 0.101. The Labute approximate surface area is 89.9 Å². The Morgan fingerprint density at radius 1 is 1.36 bits per heavy atom. The fourth-order valence-corrected chi connectivity index (χ4v) is 4.51. The summed E-state index contributed by atoms with van der Waals surface area (Å²) in [5.74, 6) is 0.744. The molecule has 2 aliphatic carbocycles. The molecule has 0 heterocycles. The van der Waals surface area contributed by atoms with E-state index in [4.69, 9.17) is 0 Å². The fourth-order valence-electron chi connectivity index (χ4n) is 4.04. The molecular formula is C12H23OP. The van der Waals surface area contributed by atoms with E-state index in [1.807, 2.05) is 0 Å². The molecule has 2 fully saturated rings. The maximum atomic E-state index is 10.8. The molecule has 0 aromatic heterocycles. The van der Waals surface area contributed by atoms with Crippen LogP contribution in [0.4, 0.5) is 0 Å². The summed E-state index contributed by atoms with van der Waals surface area (Å²) in [5, 5.41) is 10.8. The van der Waals surface area contributed by atoms with Gasteiger partial charge in [0.25, 0.3) is 0 Å². The van der Waals surface area contributed by atoms with Crippen molar-refractivity contribution in [2.75, 3.05) is 6.16 Å². The minimum atomic E-state index is -0.388. The molecule has 2 bridgehead atoms. The van der Waals surface area contributed by atoms with Gasteiger partial charge >= 0.3 is 0 Å². The van der Waals surface area contributed by atoms with Crippen molar-refractivity contribution in [3.63, 3.8) is 0 Å². The molecule has 1 N–H and O–H groups in total. The minimum absolute atomic E-state index is 0.154. The lowest BCUT2D eigenvalue weighted by Gasteiger charge is -2.45. The molecule has 2 rings (SSSR count). The van der Waals surface area contributed by atoms with Crippen molar-refractivity contribution in [2.45, 2.75) is 52.1 Å². The zero-order chi connectivity index (χ0) is 10.6. The van der Waals surface area contributed by atoms with Crippen molar-refractivity contribution in [3.05, 3.63) is 0 Å². The minimum Gasteiger partial charge on any atom is -0.389 e. The molecule has 0 amide bonds. The second-order valence-electron chi connectivity index (χ2n) is 6.06. The largest absolute Gasteiger partial charge is 0.389 e. The molecule has 2 saturated carbocycles. The number of aliphatic hydroxyl groups is 1. The summed E-state index contributed by atoms with van der Waals surface area (Å²) >= 11 is 0. The van der Waals surface area contributed by atoms with Gasteiger partial charge < -0.3 is 5.11 Å². The highest BCUT2D eigenvalue weighted by atomic mass is 31.0. The molecule has 2 heteroatoms. The van der Waals surface area contributed by atoms with Crippen LogP contribution in [0.15, 0.2) is 0 Å². The van der Waals surface area contributed by atoms with Crippen LogP contribution in [0.1, 0.15) is 46.5 Å². The Morgan fingerprint density at radius 3 is 2.36 bits per heavy atom. The molecule has 4 atom stereocenters. The van der Waals surface area contributed by atoms with Crippen LogP contribution in [0.3, 0.4) is 0 Å². The van der Waals surface area contributed by atoms with Gasteiger partial charge in [-0.15, -0.1) is 9.24 Å². The van der Waals surface area contributed by atoms with Crippen LogP contribution in [0, 0.1) is 16.7 Å². The Hall–Kier alpha value is 0.390. The van der Waals surface area contributed by atoms with Crippen LogP contribution in [-0.4, -0.2) is 16.9 Å². The summed E-state index contributed by atoms with van der Waals surface area (Å²) in [6.07, 6.45) is 5.54. The van der Waals surface area contributed by atoms with E-state index in [-0.39, 0.29) is 11.0 Å². The van der Waals surface area contributed by atoms with Crippen molar-refractivity contribution >= 4 is 9.24 Å². The van der Waals surface area contributed by atoms with Crippen LogP contribution >= 0.6 is 9.24 Å². The molecule has 1 nitrogen and oxygen atoms in total. The quantitative estimate of drug-likeness (QED) is 0.701. The Kier molecular flexibility index (Phi) is 2.30. The van der Waals surface area contributed by atoms with E-state index in [1.54, 1.807) is 0 Å². The topological polar surface area (TPSA) is 20.2 Å². The number of fused-ring (bicyclic) bond motifs is 2. The first-order valence-corrected chi connectivity index (χ1v) is 6.61. The predicted octanol–water partition coefficient (Wildman–Crippen LogP) is 2.83. The summed E-state index contributed by atoms with van der Waals surface area (Å²) in [6, 6.07) is 0. The maximum Gasteiger partial charge on any atom is 0.0712 e. The van der Waals surface area contributed by atoms with Gasteiger partial charge in [0, 0.05) is 5.41 Å². The summed E-state index contributed by atoms with van der Waals surface area (Å²) < 4.78 is 0. The van der Waals surface area contributed by atoms with Gasteiger partial charge in [0.05, 0.1) is 5.60 Å². The van der Waals surface area contributed by atoms with E-state index in [1.165, 1.54) is 12.8 Å². The summed E-state index contributed by atoms with van der Waals surface area (Å²) in [6.45, 7) is 7.01. The van der Waals surface area contributed by atoms with Crippen molar-refractivity contribution in [1.82, 2.24) is 0 Å². The van der Waals surface area contributed by atoms with Crippen LogP contribution in [-0.2, 0) is 0 Å². The van der Waals surface area contributed by atoms with Gasteiger partial charge in [-0.25, -0.2) is 0 Å². The third kappa shape index (κ3) is 1.04. The standard InChI is InChI=1S/C12H23OP/c1-10(2)9-4-5-11(10,3)12(13,8-9)6-7-14/h9,13H,4-8,14H2,1-3H3. The number of hydrogen-bond acceptors (Lipinski definition) is 1. The highest BCUT2D eigenvalue weighted by molar-refractivity contribution is 7.16. The van der Waals surface area contributed by atoms with Gasteiger partial charge in [-0.1, -0.05) is 20.8 Å². The van der Waals surface area contributed by atoms with E-state index in [9.17, 15) is 5.11 Å². The van der Waals surface area contributed by atoms with E-state index in [2.05, 4.69) is 30.0 Å². The molecule has 0 radical (unpaired) electrons. The van der Waals surface area contributed by atoms with Gasteiger partial charge in [-0.2, -0.15) is 0 Å². The zero-order valence-corrected chi connectivity index (χ0v) is 10.8. The predicted molar refractivity (Wildman–Crippen MR) is 63.4 cm³/mol. The SMILES string of the molecule is CC1(C)C2CCC1(C)C(O)(CCP)C2. The average molecular weight is 214 g/mol. The zero-order valence-electron chi connectivity index (χ0n) is 9.64. The van der Waals surface area contributed by atoms with Crippen molar-refractivity contribution in [1.29, 1.82) is 0 Å². The first kappa shape index (κ1) is 10.9. The van der Waals surface area contributed by atoms with Gasteiger partial charge in [0.2, 0.25) is 0 Å². The monoisotopic (exact) mass is 214 g/mol. The second kappa shape index (κ2) is 2.95. The van der Waals surface area contributed by atoms with Gasteiger partial charge in [-0.3, -0.25) is 0 Å². The third-order valence-electron chi connectivity index (χ3n) is 5.60. The molecule has 0 spiro atoms. The molecule has 14 heavy (non-hydrogen) atoms. The Balaban J connectivity index is 2.35. The molecule has 4 unspecified atom stereocenters. The van der Waals surface area contributed by atoms with Crippen LogP contribution < -0.4 is 0 Å². The normalized spacial score (nSPS) is 49.9. The van der Waals surface area contributed by atoms with Crippen LogP contribution in [0.2, 0.25) is 0 Å². The van der Waals surface area contributed by atoms with E-state index < -0.39 is 0 Å². The van der Waals surface area contributed by atoms with Crippen molar-refractivity contribution in [2.24, 2.45) is 16.7 Å². The maximum absolute atomic E-state index is 10.8. The number of rotatable bonds is 2. The molecule has 0 aromatic rings. The smallest absolute Gasteiger partial charge is 0.0712 e. The Bertz CT molecular complexity index is 251. The lowest BCUT2D eigenvalue weighted by molar-refractivity contribution is -0.0906. The van der Waals surface area contributed by atoms with E-state index >= 15 is 0 Å². The van der Waals surface area contributed by atoms with E-state index in [0.29, 0.717) is 5.41 Å². The van der Waals surface area contributed by atoms with Gasteiger partial charge in [-0.05, 0) is 43.2 Å². The molecular weight excluding hydrogens is 191 g/mol. The van der Waals surface area contributed by atoms with E-state index in [0.717, 1.165) is 24.9 Å². The molecule has 2 aliphatic rings. The first-order valence-electron chi connectivity index (χ1n) is 5.80. The third-order valence-corrected chi connectivity index (χ3v) is 5.89. The first-order chi connectivity index (χ1) is 6.37. The molecule has 82 valence electrons. The summed E-state index contributed by atoms with van der Waals surface area (Å²) in [4.78, 5) is 0. The highest BCUT2D eigenvalue weighted by Gasteiger charge is 2.67. The van der Waals surface area contributed by atoms with Crippen molar-refractivity contribution < 1.29 is 5.11 Å². The average Bonchev–Trinajstić information content (AvgIpc) is 2.36. The molecule has 0 saturated heterocycles. The van der Waals surface area contributed by atoms with Crippen LogP contribution in [0.25, 0.3) is 0 Å².